The van der Waals surface area contributed by atoms with Crippen molar-refractivity contribution in [3.8, 4) is 0 Å². The van der Waals surface area contributed by atoms with Crippen molar-refractivity contribution in [2.24, 2.45) is 7.05 Å². The van der Waals surface area contributed by atoms with E-state index >= 15 is 0 Å². The molecule has 5 nitrogen and oxygen atoms in total. The van der Waals surface area contributed by atoms with Crippen LogP contribution in [0.2, 0.25) is 0 Å². The largest absolute Gasteiger partial charge is 0.361 e. The van der Waals surface area contributed by atoms with E-state index in [0.717, 1.165) is 43.6 Å². The fraction of sp³-hybridized carbons (Fsp3) is 0.375. The molecule has 2 aromatic heterocycles. The van der Waals surface area contributed by atoms with Gasteiger partial charge in [-0.05, 0) is 68.6 Å². The average Bonchev–Trinajstić information content (AvgIpc) is 3.30. The highest BCUT2D eigenvalue weighted by atomic mass is 35.5. The molecule has 0 aliphatic carbocycles. The van der Waals surface area contributed by atoms with Crippen LogP contribution in [0.15, 0.2) is 59.5 Å². The molecule has 2 aromatic carbocycles. The number of hydrogen-bond donors (Lipinski definition) is 1. The van der Waals surface area contributed by atoms with Crippen molar-refractivity contribution in [2.75, 3.05) is 19.6 Å². The summed E-state index contributed by atoms with van der Waals surface area (Å²) in [7, 11) is 1.86. The summed E-state index contributed by atoms with van der Waals surface area (Å²) >= 11 is 0. The fourth-order valence-corrected chi connectivity index (χ4v) is 4.93. The number of benzene rings is 2. The summed E-state index contributed by atoms with van der Waals surface area (Å²) in [5, 5.41) is 1.38. The van der Waals surface area contributed by atoms with Gasteiger partial charge in [0.1, 0.15) is 0 Å². The van der Waals surface area contributed by atoms with Gasteiger partial charge in [-0.15, -0.1) is 12.4 Å². The van der Waals surface area contributed by atoms with Crippen molar-refractivity contribution < 1.29 is 0 Å². The molecule has 3 heterocycles. The van der Waals surface area contributed by atoms with Gasteiger partial charge in [0, 0.05) is 30.7 Å². The van der Waals surface area contributed by atoms with Crippen LogP contribution in [-0.2, 0) is 13.6 Å². The van der Waals surface area contributed by atoms with E-state index in [1.807, 2.05) is 35.9 Å². The lowest BCUT2D eigenvalue weighted by Gasteiger charge is -2.32. The molecular formula is C24H29ClN4O. The predicted molar refractivity (Wildman–Crippen MR) is 126 cm³/mol. The van der Waals surface area contributed by atoms with E-state index in [1.54, 1.807) is 4.57 Å². The Morgan fingerprint density at radius 3 is 2.47 bits per heavy atom. The normalized spacial score (nSPS) is 15.6. The first-order chi connectivity index (χ1) is 14.2. The SMILES string of the molecule is Cl.Cn1c(=O)n(CCCN2CCC(c3c[nH]c4ccccc34)CC2)c2ccccc21. The monoisotopic (exact) mass is 424 g/mol. The number of fused-ring (bicyclic) bond motifs is 2. The van der Waals surface area contributed by atoms with Crippen LogP contribution >= 0.6 is 12.4 Å². The maximum absolute atomic E-state index is 12.6. The summed E-state index contributed by atoms with van der Waals surface area (Å²) < 4.78 is 3.68. The Morgan fingerprint density at radius 2 is 1.67 bits per heavy atom. The number of hydrogen-bond acceptors (Lipinski definition) is 2. The number of nitrogens with one attached hydrogen (secondary N) is 1. The number of H-pyrrole nitrogens is 1. The molecule has 5 rings (SSSR count). The number of aromatic nitrogens is 3. The number of piperidine rings is 1. The first kappa shape index (κ1) is 20.8. The topological polar surface area (TPSA) is 46.0 Å². The lowest BCUT2D eigenvalue weighted by Crippen LogP contribution is -2.34. The zero-order chi connectivity index (χ0) is 19.8. The summed E-state index contributed by atoms with van der Waals surface area (Å²) in [6.45, 7) is 4.10. The highest BCUT2D eigenvalue weighted by Gasteiger charge is 2.22. The Kier molecular flexibility index (Phi) is 6.02. The van der Waals surface area contributed by atoms with Crippen molar-refractivity contribution >= 4 is 34.3 Å². The summed E-state index contributed by atoms with van der Waals surface area (Å²) in [4.78, 5) is 18.5. The lowest BCUT2D eigenvalue weighted by atomic mass is 9.89. The first-order valence-corrected chi connectivity index (χ1v) is 10.6. The maximum atomic E-state index is 12.6. The maximum Gasteiger partial charge on any atom is 0.328 e. The van der Waals surface area contributed by atoms with Crippen LogP contribution in [0.3, 0.4) is 0 Å². The molecule has 0 atom stereocenters. The molecule has 6 heteroatoms. The van der Waals surface area contributed by atoms with Gasteiger partial charge in [-0.1, -0.05) is 30.3 Å². The molecule has 0 spiro atoms. The van der Waals surface area contributed by atoms with Crippen molar-refractivity contribution in [3.05, 3.63) is 70.8 Å². The Hall–Kier alpha value is -2.50. The number of likely N-dealkylation sites (tertiary alicyclic amines) is 1. The van der Waals surface area contributed by atoms with Gasteiger partial charge in [0.15, 0.2) is 0 Å². The summed E-state index contributed by atoms with van der Waals surface area (Å²) in [6.07, 6.45) is 5.62. The molecule has 1 aliphatic heterocycles. The third-order valence-corrected chi connectivity index (χ3v) is 6.56. The Morgan fingerprint density at radius 1 is 0.967 bits per heavy atom. The number of para-hydroxylation sites is 3. The molecular weight excluding hydrogens is 396 g/mol. The number of aryl methyl sites for hydroxylation is 2. The number of rotatable bonds is 5. The van der Waals surface area contributed by atoms with E-state index in [9.17, 15) is 4.79 Å². The molecule has 4 aromatic rings. The molecule has 158 valence electrons. The van der Waals surface area contributed by atoms with E-state index in [2.05, 4.69) is 40.3 Å². The zero-order valence-corrected chi connectivity index (χ0v) is 18.2. The van der Waals surface area contributed by atoms with Crippen LogP contribution in [-0.4, -0.2) is 38.7 Å². The van der Waals surface area contributed by atoms with E-state index in [4.69, 9.17) is 0 Å². The molecule has 0 amide bonds. The highest BCUT2D eigenvalue weighted by Crippen LogP contribution is 2.33. The van der Waals surface area contributed by atoms with Crippen LogP contribution in [0, 0.1) is 0 Å². The van der Waals surface area contributed by atoms with Gasteiger partial charge >= 0.3 is 5.69 Å². The quantitative estimate of drug-likeness (QED) is 0.512. The summed E-state index contributed by atoms with van der Waals surface area (Å²) in [5.74, 6) is 0.642. The van der Waals surface area contributed by atoms with E-state index in [1.165, 1.54) is 29.3 Å². The molecule has 30 heavy (non-hydrogen) atoms. The van der Waals surface area contributed by atoms with Gasteiger partial charge in [0.2, 0.25) is 0 Å². The molecule has 0 bridgehead atoms. The minimum absolute atomic E-state index is 0. The van der Waals surface area contributed by atoms with E-state index in [0.29, 0.717) is 5.92 Å². The summed E-state index contributed by atoms with van der Waals surface area (Å²) in [6, 6.07) is 16.7. The van der Waals surface area contributed by atoms with Gasteiger partial charge in [-0.25, -0.2) is 4.79 Å². The number of imidazole rings is 1. The van der Waals surface area contributed by atoms with Gasteiger partial charge < -0.3 is 9.88 Å². The molecule has 1 aliphatic rings. The third kappa shape index (κ3) is 3.68. The molecule has 0 radical (unpaired) electrons. The fourth-order valence-electron chi connectivity index (χ4n) is 4.93. The summed E-state index contributed by atoms with van der Waals surface area (Å²) in [5.41, 5.74) is 4.85. The predicted octanol–water partition coefficient (Wildman–Crippen LogP) is 4.51. The van der Waals surface area contributed by atoms with Gasteiger partial charge in [-0.3, -0.25) is 9.13 Å². The van der Waals surface area contributed by atoms with Crippen molar-refractivity contribution in [1.82, 2.24) is 19.0 Å². The molecule has 0 unspecified atom stereocenters. The zero-order valence-electron chi connectivity index (χ0n) is 17.4. The average molecular weight is 425 g/mol. The number of nitrogens with zero attached hydrogens (tertiary/aromatic N) is 3. The first-order valence-electron chi connectivity index (χ1n) is 10.6. The second kappa shape index (κ2) is 8.70. The Bertz CT molecular complexity index is 1200. The smallest absolute Gasteiger partial charge is 0.328 e. The van der Waals surface area contributed by atoms with Crippen LogP contribution < -0.4 is 5.69 Å². The second-order valence-corrected chi connectivity index (χ2v) is 8.24. The minimum atomic E-state index is 0. The second-order valence-electron chi connectivity index (χ2n) is 8.24. The van der Waals surface area contributed by atoms with Crippen molar-refractivity contribution in [1.29, 1.82) is 0 Å². The molecule has 1 saturated heterocycles. The van der Waals surface area contributed by atoms with Crippen molar-refractivity contribution in [3.63, 3.8) is 0 Å². The van der Waals surface area contributed by atoms with Crippen molar-refractivity contribution in [2.45, 2.75) is 31.7 Å². The van der Waals surface area contributed by atoms with Gasteiger partial charge in [0.05, 0.1) is 11.0 Å². The minimum Gasteiger partial charge on any atom is -0.361 e. The van der Waals surface area contributed by atoms with Crippen LogP contribution in [0.25, 0.3) is 21.9 Å². The number of aromatic amines is 1. The van der Waals surface area contributed by atoms with Gasteiger partial charge in [0.25, 0.3) is 0 Å². The van der Waals surface area contributed by atoms with Crippen LogP contribution in [0.1, 0.15) is 30.7 Å². The van der Waals surface area contributed by atoms with Crippen LogP contribution in [0.5, 0.6) is 0 Å². The van der Waals surface area contributed by atoms with E-state index < -0.39 is 0 Å². The highest BCUT2D eigenvalue weighted by molar-refractivity contribution is 5.85. The standard InChI is InChI=1S/C24H28N4O.ClH/c1-26-22-9-4-5-10-23(22)28(24(26)29)14-6-13-27-15-11-18(12-16-27)20-17-25-21-8-3-2-7-19(20)21;/h2-5,7-10,17-18,25H,6,11-16H2,1H3;1H. The van der Waals surface area contributed by atoms with Crippen LogP contribution in [0.4, 0.5) is 0 Å². The van der Waals surface area contributed by atoms with Gasteiger partial charge in [-0.2, -0.15) is 0 Å². The molecule has 1 N–H and O–H groups in total. The molecule has 0 saturated carbocycles. The van der Waals surface area contributed by atoms with E-state index in [-0.39, 0.29) is 18.1 Å². The Labute approximate surface area is 182 Å². The third-order valence-electron chi connectivity index (χ3n) is 6.56. The number of halogens is 1. The Balaban J connectivity index is 0.00000218. The lowest BCUT2D eigenvalue weighted by molar-refractivity contribution is 0.207. The molecule has 1 fully saturated rings.